The number of hydrogen-bond acceptors (Lipinski definition) is 6. The molecule has 0 N–H and O–H groups in total. The number of para-hydroxylation sites is 1. The molecule has 0 bridgehead atoms. The molecule has 0 amide bonds. The summed E-state index contributed by atoms with van der Waals surface area (Å²) in [4.78, 5) is 0. The van der Waals surface area contributed by atoms with E-state index in [0.717, 1.165) is 22.4 Å². The maximum atomic E-state index is 13.5. The van der Waals surface area contributed by atoms with Gasteiger partial charge in [-0.1, -0.05) is 53.2 Å². The number of halogens is 2. The predicted molar refractivity (Wildman–Crippen MR) is 126 cm³/mol. The Morgan fingerprint density at radius 3 is 2.36 bits per heavy atom. The van der Waals surface area contributed by atoms with Crippen molar-refractivity contribution in [2.24, 2.45) is 0 Å². The van der Waals surface area contributed by atoms with Crippen LogP contribution in [0, 0.1) is 12.7 Å². The van der Waals surface area contributed by atoms with Crippen LogP contribution in [0.4, 0.5) is 4.39 Å². The molecule has 0 saturated heterocycles. The second-order valence-corrected chi connectivity index (χ2v) is 8.61. The highest BCUT2D eigenvalue weighted by Gasteiger charge is 2.19. The highest BCUT2D eigenvalue weighted by atomic mass is 35.5. The first-order valence-corrected chi connectivity index (χ1v) is 11.4. The third-order valence-corrected chi connectivity index (χ3v) is 6.15. The van der Waals surface area contributed by atoms with Crippen LogP contribution in [-0.4, -0.2) is 25.0 Å². The Kier molecular flexibility index (Phi) is 5.93. The van der Waals surface area contributed by atoms with Crippen molar-refractivity contribution < 1.29 is 8.81 Å². The minimum atomic E-state index is -0.321. The second-order valence-electron chi connectivity index (χ2n) is 7.26. The van der Waals surface area contributed by atoms with Gasteiger partial charge in [-0.3, -0.25) is 4.57 Å². The molecule has 5 rings (SSSR count). The molecule has 0 aliphatic carbocycles. The smallest absolute Gasteiger partial charge is 0.247 e. The largest absolute Gasteiger partial charge is 0.420 e. The summed E-state index contributed by atoms with van der Waals surface area (Å²) in [7, 11) is 0. The van der Waals surface area contributed by atoms with E-state index in [1.807, 2.05) is 54.0 Å². The molecular formula is C24H17ClFN5OS. The van der Waals surface area contributed by atoms with Crippen molar-refractivity contribution >= 4 is 23.4 Å². The van der Waals surface area contributed by atoms with Crippen molar-refractivity contribution in [3.8, 4) is 28.5 Å². The molecule has 0 fully saturated rings. The normalized spacial score (nSPS) is 11.1. The number of nitrogens with zero attached hydrogens (tertiary/aromatic N) is 5. The molecule has 33 heavy (non-hydrogen) atoms. The Morgan fingerprint density at radius 2 is 1.61 bits per heavy atom. The second kappa shape index (κ2) is 9.17. The molecule has 3 aromatic carbocycles. The zero-order chi connectivity index (χ0) is 22.8. The number of thioether (sulfide) groups is 1. The molecule has 2 heterocycles. The highest BCUT2D eigenvalue weighted by molar-refractivity contribution is 7.98. The van der Waals surface area contributed by atoms with Crippen molar-refractivity contribution in [1.29, 1.82) is 0 Å². The van der Waals surface area contributed by atoms with Crippen molar-refractivity contribution in [2.45, 2.75) is 17.8 Å². The van der Waals surface area contributed by atoms with Crippen LogP contribution in [0.25, 0.3) is 28.5 Å². The molecule has 0 atom stereocenters. The maximum absolute atomic E-state index is 13.5. The molecule has 0 aliphatic heterocycles. The molecule has 0 aliphatic rings. The summed E-state index contributed by atoms with van der Waals surface area (Å²) in [5.74, 6) is 1.55. The Morgan fingerprint density at radius 1 is 0.879 bits per heavy atom. The van der Waals surface area contributed by atoms with Crippen molar-refractivity contribution in [1.82, 2.24) is 25.0 Å². The summed E-state index contributed by atoms with van der Waals surface area (Å²) in [6, 6.07) is 21.4. The van der Waals surface area contributed by atoms with E-state index in [4.69, 9.17) is 16.0 Å². The van der Waals surface area contributed by atoms with Gasteiger partial charge in [-0.25, -0.2) is 4.39 Å². The fourth-order valence-corrected chi connectivity index (χ4v) is 4.25. The van der Waals surface area contributed by atoms with Gasteiger partial charge in [-0.15, -0.1) is 20.4 Å². The standard InChI is InChI=1S/C24H17ClFN5OS/c1-15-6-8-17(9-7-15)23-29-27-21(32-23)14-33-24-30-28-22(16-10-12-18(26)13-11-16)31(24)20-5-3-2-4-19(20)25/h2-13H,14H2,1H3. The van der Waals surface area contributed by atoms with Crippen LogP contribution in [0.15, 0.2) is 82.4 Å². The van der Waals surface area contributed by atoms with Gasteiger partial charge in [0.1, 0.15) is 5.82 Å². The predicted octanol–water partition coefficient (Wildman–Crippen LogP) is 6.38. The average molecular weight is 478 g/mol. The van der Waals surface area contributed by atoms with Crippen LogP contribution in [0.1, 0.15) is 11.5 Å². The molecule has 0 radical (unpaired) electrons. The SMILES string of the molecule is Cc1ccc(-c2nnc(CSc3nnc(-c4ccc(F)cc4)n3-c3ccccc3Cl)o2)cc1. The number of aromatic nitrogens is 5. The topological polar surface area (TPSA) is 69.6 Å². The highest BCUT2D eigenvalue weighted by Crippen LogP contribution is 2.33. The van der Waals surface area contributed by atoms with E-state index >= 15 is 0 Å². The third-order valence-electron chi connectivity index (χ3n) is 4.92. The summed E-state index contributed by atoms with van der Waals surface area (Å²) >= 11 is 7.88. The third kappa shape index (κ3) is 4.53. The van der Waals surface area contributed by atoms with Crippen LogP contribution >= 0.6 is 23.4 Å². The molecule has 9 heteroatoms. The van der Waals surface area contributed by atoms with Crippen molar-refractivity contribution in [2.75, 3.05) is 0 Å². The Balaban J connectivity index is 1.46. The van der Waals surface area contributed by atoms with Gasteiger partial charge in [-0.05, 0) is 55.5 Å². The van der Waals surface area contributed by atoms with Gasteiger partial charge in [0.2, 0.25) is 11.8 Å². The number of aryl methyl sites for hydroxylation is 1. The fourth-order valence-electron chi connectivity index (χ4n) is 3.25. The van der Waals surface area contributed by atoms with Gasteiger partial charge in [-0.2, -0.15) is 0 Å². The van der Waals surface area contributed by atoms with Crippen LogP contribution in [0.3, 0.4) is 0 Å². The summed E-state index contributed by atoms with van der Waals surface area (Å²) < 4.78 is 21.1. The van der Waals surface area contributed by atoms with Gasteiger partial charge >= 0.3 is 0 Å². The van der Waals surface area contributed by atoms with E-state index in [1.54, 1.807) is 18.2 Å². The summed E-state index contributed by atoms with van der Waals surface area (Å²) in [5, 5.41) is 18.2. The lowest BCUT2D eigenvalue weighted by atomic mass is 10.1. The maximum Gasteiger partial charge on any atom is 0.247 e. The Bertz CT molecular complexity index is 1400. The van der Waals surface area contributed by atoms with Gasteiger partial charge < -0.3 is 4.42 Å². The minimum Gasteiger partial charge on any atom is -0.420 e. The average Bonchev–Trinajstić information content (AvgIpc) is 3.46. The summed E-state index contributed by atoms with van der Waals surface area (Å²) in [6.07, 6.45) is 0. The van der Waals surface area contributed by atoms with E-state index in [-0.39, 0.29) is 5.82 Å². The molecule has 0 unspecified atom stereocenters. The number of benzene rings is 3. The van der Waals surface area contributed by atoms with Gasteiger partial charge in [0.05, 0.1) is 16.5 Å². The number of rotatable bonds is 6. The molecular weight excluding hydrogens is 461 g/mol. The van der Waals surface area contributed by atoms with Crippen LogP contribution in [0.5, 0.6) is 0 Å². The van der Waals surface area contributed by atoms with Crippen molar-refractivity contribution in [3.63, 3.8) is 0 Å². The first kappa shape index (κ1) is 21.4. The Hall–Kier alpha value is -3.49. The van der Waals surface area contributed by atoms with E-state index < -0.39 is 0 Å². The molecule has 6 nitrogen and oxygen atoms in total. The summed E-state index contributed by atoms with van der Waals surface area (Å²) in [5.41, 5.74) is 3.46. The van der Waals surface area contributed by atoms with Crippen molar-refractivity contribution in [3.05, 3.63) is 95.1 Å². The van der Waals surface area contributed by atoms with Gasteiger partial charge in [0, 0.05) is 11.1 Å². The zero-order valence-corrected chi connectivity index (χ0v) is 19.0. The van der Waals surface area contributed by atoms with Gasteiger partial charge in [0.15, 0.2) is 11.0 Å². The fraction of sp³-hybridized carbons (Fsp3) is 0.0833. The molecule has 0 saturated carbocycles. The monoisotopic (exact) mass is 477 g/mol. The van der Waals surface area contributed by atoms with Crippen LogP contribution in [0.2, 0.25) is 5.02 Å². The lowest BCUT2D eigenvalue weighted by molar-refractivity contribution is 0.528. The molecule has 5 aromatic rings. The van der Waals surface area contributed by atoms with Crippen LogP contribution in [-0.2, 0) is 5.75 Å². The molecule has 0 spiro atoms. The quantitative estimate of drug-likeness (QED) is 0.264. The first-order chi connectivity index (χ1) is 16.1. The lowest BCUT2D eigenvalue weighted by Crippen LogP contribution is -2.00. The van der Waals surface area contributed by atoms with E-state index in [9.17, 15) is 4.39 Å². The first-order valence-electron chi connectivity index (χ1n) is 10.1. The lowest BCUT2D eigenvalue weighted by Gasteiger charge is -2.11. The van der Waals surface area contributed by atoms with E-state index in [1.165, 1.54) is 23.9 Å². The van der Waals surface area contributed by atoms with E-state index in [0.29, 0.717) is 33.5 Å². The molecule has 2 aromatic heterocycles. The Labute approximate surface area is 198 Å². The minimum absolute atomic E-state index is 0.321. The summed E-state index contributed by atoms with van der Waals surface area (Å²) in [6.45, 7) is 2.02. The molecule has 164 valence electrons. The van der Waals surface area contributed by atoms with Crippen LogP contribution < -0.4 is 0 Å². The van der Waals surface area contributed by atoms with E-state index in [2.05, 4.69) is 20.4 Å². The number of hydrogen-bond donors (Lipinski definition) is 0. The van der Waals surface area contributed by atoms with Gasteiger partial charge in [0.25, 0.3) is 0 Å². The zero-order valence-electron chi connectivity index (χ0n) is 17.4.